The van der Waals surface area contributed by atoms with Crippen molar-refractivity contribution in [3.8, 4) is 78.3 Å². The van der Waals surface area contributed by atoms with Crippen molar-refractivity contribution in [3.63, 3.8) is 0 Å². The maximum atomic E-state index is 7.27. The minimum atomic E-state index is -0.679. The van der Waals surface area contributed by atoms with Crippen molar-refractivity contribution in [2.45, 2.75) is 5.41 Å². The number of thiophene rings is 1. The van der Waals surface area contributed by atoms with E-state index in [2.05, 4.69) is 254 Å². The number of anilines is 3. The van der Waals surface area contributed by atoms with Gasteiger partial charge in [-0.1, -0.05) is 194 Å². The zero-order valence-corrected chi connectivity index (χ0v) is 38.8. The lowest BCUT2D eigenvalue weighted by atomic mass is 9.65. The average molecular weight is 908 g/mol. The predicted molar refractivity (Wildman–Crippen MR) is 292 cm³/mol. The molecule has 0 amide bonds. The van der Waals surface area contributed by atoms with Crippen molar-refractivity contribution in [1.29, 1.82) is 0 Å². The van der Waals surface area contributed by atoms with E-state index in [0.717, 1.165) is 56.4 Å². The molecule has 0 radical (unpaired) electrons. The van der Waals surface area contributed by atoms with Crippen molar-refractivity contribution in [2.24, 2.45) is 0 Å². The molecule has 0 bridgehead atoms. The Balaban J connectivity index is 1.05. The highest BCUT2D eigenvalue weighted by Gasteiger charge is 2.50. The van der Waals surface area contributed by atoms with Crippen LogP contribution >= 0.6 is 11.3 Å². The van der Waals surface area contributed by atoms with E-state index >= 15 is 0 Å². The molecule has 326 valence electrons. The van der Waals surface area contributed by atoms with Crippen LogP contribution in [0.15, 0.2) is 249 Å². The van der Waals surface area contributed by atoms with Crippen LogP contribution in [-0.4, -0.2) is 0 Å². The third-order valence-corrected chi connectivity index (χ3v) is 16.3. The lowest BCUT2D eigenvalue weighted by Crippen LogP contribution is -2.29. The van der Waals surface area contributed by atoms with Crippen molar-refractivity contribution < 1.29 is 4.74 Å². The van der Waals surface area contributed by atoms with E-state index in [9.17, 15) is 0 Å². The first-order valence-electron chi connectivity index (χ1n) is 24.1. The monoisotopic (exact) mass is 907 g/mol. The van der Waals surface area contributed by atoms with Gasteiger partial charge in [0.1, 0.15) is 5.75 Å². The van der Waals surface area contributed by atoms with E-state index < -0.39 is 5.41 Å². The molecule has 0 N–H and O–H groups in total. The van der Waals surface area contributed by atoms with Gasteiger partial charge >= 0.3 is 0 Å². The van der Waals surface area contributed by atoms with E-state index in [4.69, 9.17) is 4.74 Å². The fourth-order valence-corrected chi connectivity index (χ4v) is 13.3. The summed E-state index contributed by atoms with van der Waals surface area (Å²) in [6.45, 7) is 0. The summed E-state index contributed by atoms with van der Waals surface area (Å²) in [4.78, 5) is 2.43. The molecule has 1 aliphatic heterocycles. The second-order valence-corrected chi connectivity index (χ2v) is 19.7. The first kappa shape index (κ1) is 39.3. The molecule has 11 aromatic carbocycles. The van der Waals surface area contributed by atoms with E-state index in [1.165, 1.54) is 81.4 Å². The minimum Gasteiger partial charge on any atom is -0.454 e. The molecule has 2 nitrogen and oxygen atoms in total. The Morgan fingerprint density at radius 1 is 0.314 bits per heavy atom. The van der Waals surface area contributed by atoms with Crippen molar-refractivity contribution in [3.05, 3.63) is 271 Å². The standard InChI is InChI=1S/C67H41NOS/c1-2-17-42(18-3-1)43-33-35-44(36-34-43)68(62-30-16-27-55-49-22-7-6-21-48(49)53-25-10-14-31-63(53)69-66(55)62)45-37-38-52-47-20-5-4-19-46(47)50-23-8-12-28-58(50)67(60(52)39-45)59-29-13-9-24-51(59)56-40-57-54-26-11-15-32-64(54)70-65(57)41-61(56)67/h1-41H. The van der Waals surface area contributed by atoms with Crippen LogP contribution in [0.4, 0.5) is 17.1 Å². The van der Waals surface area contributed by atoms with Gasteiger partial charge in [0.25, 0.3) is 0 Å². The molecule has 12 aromatic rings. The molecule has 15 rings (SSSR count). The molecule has 1 atom stereocenters. The lowest BCUT2D eigenvalue weighted by molar-refractivity contribution is 0.489. The van der Waals surface area contributed by atoms with Gasteiger partial charge in [-0.25, -0.2) is 0 Å². The second kappa shape index (κ2) is 15.1. The zero-order chi connectivity index (χ0) is 45.9. The zero-order valence-electron chi connectivity index (χ0n) is 37.9. The Bertz CT molecular complexity index is 4110. The van der Waals surface area contributed by atoms with Gasteiger partial charge in [0, 0.05) is 42.7 Å². The Morgan fingerprint density at radius 3 is 1.59 bits per heavy atom. The van der Waals surface area contributed by atoms with E-state index in [0.29, 0.717) is 0 Å². The highest BCUT2D eigenvalue weighted by molar-refractivity contribution is 7.25. The van der Waals surface area contributed by atoms with Crippen LogP contribution < -0.4 is 9.64 Å². The highest BCUT2D eigenvalue weighted by atomic mass is 32.1. The summed E-state index contributed by atoms with van der Waals surface area (Å²) >= 11 is 1.89. The Morgan fingerprint density at radius 2 is 0.843 bits per heavy atom. The summed E-state index contributed by atoms with van der Waals surface area (Å²) in [7, 11) is 0. The predicted octanol–water partition coefficient (Wildman–Crippen LogP) is 18.6. The van der Waals surface area contributed by atoms with Crippen LogP contribution in [0.2, 0.25) is 0 Å². The Kier molecular flexibility index (Phi) is 8.48. The van der Waals surface area contributed by atoms with Crippen LogP contribution in [0.5, 0.6) is 11.5 Å². The van der Waals surface area contributed by atoms with Gasteiger partial charge in [-0.3, -0.25) is 0 Å². The van der Waals surface area contributed by atoms with Crippen molar-refractivity contribution in [1.82, 2.24) is 0 Å². The number of fused-ring (bicyclic) bond motifs is 20. The molecular formula is C67H41NOS. The first-order chi connectivity index (χ1) is 34.7. The topological polar surface area (TPSA) is 12.5 Å². The number of para-hydroxylation sites is 2. The van der Waals surface area contributed by atoms with Crippen molar-refractivity contribution >= 4 is 48.6 Å². The maximum Gasteiger partial charge on any atom is 0.159 e. The molecule has 3 aliphatic rings. The van der Waals surface area contributed by atoms with Crippen LogP contribution in [0.3, 0.4) is 0 Å². The summed E-state index contributed by atoms with van der Waals surface area (Å²) in [5.74, 6) is 1.65. The molecule has 70 heavy (non-hydrogen) atoms. The molecular weight excluding hydrogens is 867 g/mol. The van der Waals surface area contributed by atoms with Gasteiger partial charge in [-0.15, -0.1) is 11.3 Å². The highest BCUT2D eigenvalue weighted by Crippen LogP contribution is 2.63. The molecule has 0 fully saturated rings. The van der Waals surface area contributed by atoms with Crippen LogP contribution in [0.25, 0.3) is 86.9 Å². The van der Waals surface area contributed by atoms with Gasteiger partial charge in [-0.05, 0) is 132 Å². The molecule has 0 saturated heterocycles. The van der Waals surface area contributed by atoms with Gasteiger partial charge in [-0.2, -0.15) is 0 Å². The van der Waals surface area contributed by atoms with Gasteiger partial charge < -0.3 is 9.64 Å². The number of hydrogen-bond donors (Lipinski definition) is 0. The number of nitrogens with zero attached hydrogens (tertiary/aromatic N) is 1. The molecule has 2 aliphatic carbocycles. The minimum absolute atomic E-state index is 0.679. The normalized spacial score (nSPS) is 14.5. The largest absolute Gasteiger partial charge is 0.454 e. The molecule has 2 heterocycles. The summed E-state index contributed by atoms with van der Waals surface area (Å²) < 4.78 is 9.88. The first-order valence-corrected chi connectivity index (χ1v) is 24.9. The van der Waals surface area contributed by atoms with E-state index in [1.807, 2.05) is 11.3 Å². The number of ether oxygens (including phenoxy) is 1. The maximum absolute atomic E-state index is 7.27. The van der Waals surface area contributed by atoms with Gasteiger partial charge in [0.05, 0.1) is 11.1 Å². The lowest BCUT2D eigenvalue weighted by Gasteiger charge is -2.36. The second-order valence-electron chi connectivity index (χ2n) is 18.7. The summed E-state index contributed by atoms with van der Waals surface area (Å²) in [5.41, 5.74) is 21.8. The molecule has 1 unspecified atom stereocenters. The molecule has 1 spiro atoms. The van der Waals surface area contributed by atoms with Crippen LogP contribution in [0.1, 0.15) is 22.3 Å². The summed E-state index contributed by atoms with van der Waals surface area (Å²) in [5, 5.41) is 2.62. The Labute approximate surface area is 410 Å². The van der Waals surface area contributed by atoms with Crippen LogP contribution in [0, 0.1) is 0 Å². The molecule has 0 saturated carbocycles. The molecule has 3 heteroatoms. The van der Waals surface area contributed by atoms with Crippen molar-refractivity contribution in [2.75, 3.05) is 4.90 Å². The molecule has 1 aromatic heterocycles. The van der Waals surface area contributed by atoms with E-state index in [1.54, 1.807) is 0 Å². The summed E-state index contributed by atoms with van der Waals surface area (Å²) in [6, 6.07) is 92.0. The SMILES string of the molecule is c1ccc(-c2ccc(N(c3ccc4c(c3)C3(c5ccccc5-c5ccccc5-4)c4ccccc4-c4cc5c(cc43)sc3ccccc35)c3cccc4c3Oc3ccccc3-c3ccccc3-4)cc2)cc1. The van der Waals surface area contributed by atoms with Gasteiger partial charge in [0.15, 0.2) is 5.75 Å². The fraction of sp³-hybridized carbons (Fsp3) is 0.0149. The summed E-state index contributed by atoms with van der Waals surface area (Å²) in [6.07, 6.45) is 0. The Hall–Kier alpha value is -8.76. The van der Waals surface area contributed by atoms with Crippen LogP contribution in [-0.2, 0) is 5.41 Å². The van der Waals surface area contributed by atoms with E-state index in [-0.39, 0.29) is 0 Å². The number of benzene rings is 11. The number of hydrogen-bond acceptors (Lipinski definition) is 3. The number of rotatable bonds is 4. The third-order valence-electron chi connectivity index (χ3n) is 15.1. The quantitative estimate of drug-likeness (QED) is 0.174. The van der Waals surface area contributed by atoms with Gasteiger partial charge in [0.2, 0.25) is 0 Å². The smallest absolute Gasteiger partial charge is 0.159 e. The fourth-order valence-electron chi connectivity index (χ4n) is 12.2. The average Bonchev–Trinajstić information content (AvgIpc) is 3.84. The third kappa shape index (κ3) is 5.55.